The van der Waals surface area contributed by atoms with E-state index < -0.39 is 10.0 Å². The second-order valence-electron chi connectivity index (χ2n) is 4.06. The first-order valence-corrected chi connectivity index (χ1v) is 6.66. The van der Waals surface area contributed by atoms with Gasteiger partial charge in [-0.2, -0.15) is 0 Å². The molecule has 1 fully saturated rings. The summed E-state index contributed by atoms with van der Waals surface area (Å²) >= 11 is 0. The van der Waals surface area contributed by atoms with Crippen molar-refractivity contribution < 1.29 is 8.42 Å². The Kier molecular flexibility index (Phi) is 4.13. The van der Waals surface area contributed by atoms with E-state index in [0.717, 1.165) is 12.8 Å². The Labute approximate surface area is 86.6 Å². The molecule has 0 saturated heterocycles. The quantitative estimate of drug-likeness (QED) is 0.783. The lowest BCUT2D eigenvalue weighted by atomic mass is 9.90. The van der Waals surface area contributed by atoms with Crippen LogP contribution in [0.1, 0.15) is 39.0 Å². The number of hydrogen-bond donors (Lipinski definition) is 1. The average molecular weight is 217 g/mol. The fourth-order valence-electron chi connectivity index (χ4n) is 1.74. The Bertz CT molecular complexity index is 289. The summed E-state index contributed by atoms with van der Waals surface area (Å²) in [5, 5.41) is 0. The summed E-state index contributed by atoms with van der Waals surface area (Å²) < 4.78 is 25.3. The minimum absolute atomic E-state index is 0.202. The third-order valence-electron chi connectivity index (χ3n) is 2.75. The van der Waals surface area contributed by atoms with Crippen molar-refractivity contribution >= 4 is 10.0 Å². The third-order valence-corrected chi connectivity index (χ3v) is 4.21. The van der Waals surface area contributed by atoms with E-state index in [1.165, 1.54) is 26.2 Å². The van der Waals surface area contributed by atoms with Crippen molar-refractivity contribution in [2.75, 3.05) is 6.54 Å². The highest BCUT2D eigenvalue weighted by atomic mass is 32.2. The maximum Gasteiger partial charge on any atom is 0.235 e. The second kappa shape index (κ2) is 4.94. The van der Waals surface area contributed by atoms with Crippen LogP contribution in [0.4, 0.5) is 0 Å². The van der Waals surface area contributed by atoms with Crippen LogP contribution >= 0.6 is 0 Å². The molecular formula is C10H19NO2S. The van der Waals surface area contributed by atoms with E-state index in [9.17, 15) is 8.42 Å². The highest BCUT2D eigenvalue weighted by molar-refractivity contribution is 7.93. The zero-order valence-electron chi connectivity index (χ0n) is 8.75. The Balaban J connectivity index is 2.36. The molecule has 14 heavy (non-hydrogen) atoms. The molecule has 1 N–H and O–H groups in total. The van der Waals surface area contributed by atoms with Crippen LogP contribution in [0.2, 0.25) is 0 Å². The van der Waals surface area contributed by atoms with E-state index in [0.29, 0.717) is 12.5 Å². The van der Waals surface area contributed by atoms with Crippen molar-refractivity contribution in [3.63, 3.8) is 0 Å². The van der Waals surface area contributed by atoms with Gasteiger partial charge >= 0.3 is 0 Å². The van der Waals surface area contributed by atoms with Crippen LogP contribution < -0.4 is 4.72 Å². The van der Waals surface area contributed by atoms with Gasteiger partial charge in [-0.1, -0.05) is 25.8 Å². The van der Waals surface area contributed by atoms with Gasteiger partial charge in [0.05, 0.1) is 0 Å². The third kappa shape index (κ3) is 3.42. The van der Waals surface area contributed by atoms with E-state index >= 15 is 0 Å². The van der Waals surface area contributed by atoms with Gasteiger partial charge in [0.15, 0.2) is 0 Å². The molecule has 1 aliphatic rings. The van der Waals surface area contributed by atoms with Crippen molar-refractivity contribution in [1.29, 1.82) is 0 Å². The number of hydrogen-bond acceptors (Lipinski definition) is 2. The standard InChI is InChI=1S/C10H19NO2S/c1-9(2)14(12,13)11-8-10-6-4-3-5-7-10/h10-11H,1,3-8H2,2H3. The highest BCUT2D eigenvalue weighted by Crippen LogP contribution is 2.23. The lowest BCUT2D eigenvalue weighted by Crippen LogP contribution is -2.30. The van der Waals surface area contributed by atoms with Crippen LogP contribution in [0, 0.1) is 5.92 Å². The summed E-state index contributed by atoms with van der Waals surface area (Å²) in [5.74, 6) is 0.526. The smallest absolute Gasteiger partial charge is 0.211 e. The molecule has 1 rings (SSSR count). The lowest BCUT2D eigenvalue weighted by Gasteiger charge is -2.21. The molecule has 0 amide bonds. The van der Waals surface area contributed by atoms with Gasteiger partial charge in [-0.25, -0.2) is 13.1 Å². The fraction of sp³-hybridized carbons (Fsp3) is 0.800. The maximum atomic E-state index is 11.4. The van der Waals surface area contributed by atoms with Crippen LogP contribution in [-0.4, -0.2) is 15.0 Å². The molecule has 4 heteroatoms. The predicted molar refractivity (Wildman–Crippen MR) is 58.3 cm³/mol. The lowest BCUT2D eigenvalue weighted by molar-refractivity contribution is 0.357. The van der Waals surface area contributed by atoms with Gasteiger partial charge in [0.1, 0.15) is 0 Å². The van der Waals surface area contributed by atoms with Crippen molar-refractivity contribution in [3.8, 4) is 0 Å². The van der Waals surface area contributed by atoms with Crippen molar-refractivity contribution in [2.45, 2.75) is 39.0 Å². The minimum Gasteiger partial charge on any atom is -0.211 e. The molecule has 3 nitrogen and oxygen atoms in total. The fourth-order valence-corrected chi connectivity index (χ4v) is 2.44. The largest absolute Gasteiger partial charge is 0.235 e. The average Bonchev–Trinajstić information content (AvgIpc) is 2.16. The van der Waals surface area contributed by atoms with E-state index in [1.54, 1.807) is 0 Å². The topological polar surface area (TPSA) is 46.2 Å². The molecule has 0 spiro atoms. The molecule has 1 aliphatic carbocycles. The summed E-state index contributed by atoms with van der Waals surface area (Å²) in [4.78, 5) is 0.202. The predicted octanol–water partition coefficient (Wildman–Crippen LogP) is 2.02. The molecule has 82 valence electrons. The van der Waals surface area contributed by atoms with E-state index in [-0.39, 0.29) is 4.91 Å². The Morgan fingerprint density at radius 3 is 2.43 bits per heavy atom. The molecule has 0 radical (unpaired) electrons. The number of allylic oxidation sites excluding steroid dienone is 1. The van der Waals surface area contributed by atoms with Crippen LogP contribution in [0.25, 0.3) is 0 Å². The minimum atomic E-state index is -3.24. The summed E-state index contributed by atoms with van der Waals surface area (Å²) in [6.45, 7) is 5.54. The van der Waals surface area contributed by atoms with Crippen LogP contribution in [0.3, 0.4) is 0 Å². The Hall–Kier alpha value is -0.350. The van der Waals surface area contributed by atoms with Gasteiger partial charge in [-0.05, 0) is 25.7 Å². The molecule has 0 bridgehead atoms. The van der Waals surface area contributed by atoms with Gasteiger partial charge in [-0.3, -0.25) is 0 Å². The Morgan fingerprint density at radius 1 is 1.36 bits per heavy atom. The molecule has 0 aliphatic heterocycles. The van der Waals surface area contributed by atoms with Crippen molar-refractivity contribution in [2.24, 2.45) is 5.92 Å². The maximum absolute atomic E-state index is 11.4. The molecule has 0 aromatic heterocycles. The highest BCUT2D eigenvalue weighted by Gasteiger charge is 2.17. The number of sulfonamides is 1. The zero-order valence-corrected chi connectivity index (χ0v) is 9.57. The van der Waals surface area contributed by atoms with E-state index in [1.807, 2.05) is 0 Å². The Morgan fingerprint density at radius 2 is 1.93 bits per heavy atom. The second-order valence-corrected chi connectivity index (χ2v) is 6.05. The molecule has 0 atom stereocenters. The van der Waals surface area contributed by atoms with Gasteiger partial charge < -0.3 is 0 Å². The normalized spacial score (nSPS) is 19.5. The summed E-state index contributed by atoms with van der Waals surface area (Å²) in [7, 11) is -3.24. The summed E-state index contributed by atoms with van der Waals surface area (Å²) in [6, 6.07) is 0. The van der Waals surface area contributed by atoms with Crippen LogP contribution in [0.15, 0.2) is 11.5 Å². The van der Waals surface area contributed by atoms with E-state index in [2.05, 4.69) is 11.3 Å². The van der Waals surface area contributed by atoms with Crippen molar-refractivity contribution in [3.05, 3.63) is 11.5 Å². The molecule has 0 aromatic rings. The molecule has 0 aromatic carbocycles. The first-order chi connectivity index (χ1) is 6.52. The van der Waals surface area contributed by atoms with Gasteiger partial charge in [0.25, 0.3) is 0 Å². The SMILES string of the molecule is C=C(C)S(=O)(=O)NCC1CCCCC1. The van der Waals surface area contributed by atoms with E-state index in [4.69, 9.17) is 0 Å². The van der Waals surface area contributed by atoms with Crippen LogP contribution in [-0.2, 0) is 10.0 Å². The molecular weight excluding hydrogens is 198 g/mol. The molecule has 0 heterocycles. The van der Waals surface area contributed by atoms with Gasteiger partial charge in [0, 0.05) is 11.4 Å². The first-order valence-electron chi connectivity index (χ1n) is 5.17. The first kappa shape index (κ1) is 11.7. The molecule has 1 saturated carbocycles. The monoisotopic (exact) mass is 217 g/mol. The van der Waals surface area contributed by atoms with Crippen molar-refractivity contribution in [1.82, 2.24) is 4.72 Å². The summed E-state index contributed by atoms with van der Waals surface area (Å²) in [6.07, 6.45) is 6.07. The van der Waals surface area contributed by atoms with Crippen LogP contribution in [0.5, 0.6) is 0 Å². The number of rotatable bonds is 4. The van der Waals surface area contributed by atoms with Gasteiger partial charge in [-0.15, -0.1) is 0 Å². The number of nitrogens with one attached hydrogen (secondary N) is 1. The molecule has 0 unspecified atom stereocenters. The zero-order chi connectivity index (χ0) is 10.6. The summed E-state index contributed by atoms with van der Waals surface area (Å²) in [5.41, 5.74) is 0. The van der Waals surface area contributed by atoms with Gasteiger partial charge in [0.2, 0.25) is 10.0 Å².